The second-order valence-corrected chi connectivity index (χ2v) is 5.31. The van der Waals surface area contributed by atoms with Crippen LogP contribution in [0.1, 0.15) is 19.8 Å². The first-order valence-electron chi connectivity index (χ1n) is 5.36. The average molecular weight is 232 g/mol. The van der Waals surface area contributed by atoms with Crippen molar-refractivity contribution < 1.29 is 9.90 Å². The smallest absolute Gasteiger partial charge is 0.317 e. The molecule has 0 spiro atoms. The molecule has 1 fully saturated rings. The van der Waals surface area contributed by atoms with E-state index in [1.165, 1.54) is 12.8 Å². The van der Waals surface area contributed by atoms with Crippen molar-refractivity contribution in [1.82, 2.24) is 9.21 Å². The molecule has 1 saturated heterocycles. The van der Waals surface area contributed by atoms with Gasteiger partial charge in [-0.25, -0.2) is 4.31 Å². The number of carbonyl (C=O) groups is 1. The van der Waals surface area contributed by atoms with Crippen LogP contribution in [0.3, 0.4) is 0 Å². The number of carboxylic acids is 1. The van der Waals surface area contributed by atoms with Gasteiger partial charge in [0.2, 0.25) is 0 Å². The molecule has 0 amide bonds. The third kappa shape index (κ3) is 5.39. The summed E-state index contributed by atoms with van der Waals surface area (Å²) in [5, 5.41) is 8.59. The molecule has 1 N–H and O–H groups in total. The highest BCUT2D eigenvalue weighted by Crippen LogP contribution is 2.22. The fourth-order valence-electron chi connectivity index (χ4n) is 1.57. The topological polar surface area (TPSA) is 43.8 Å². The molecule has 1 rings (SSSR count). The van der Waals surface area contributed by atoms with Gasteiger partial charge in [0.25, 0.3) is 0 Å². The van der Waals surface area contributed by atoms with Crippen molar-refractivity contribution >= 4 is 17.9 Å². The van der Waals surface area contributed by atoms with E-state index in [1.54, 1.807) is 11.9 Å². The van der Waals surface area contributed by atoms with Crippen LogP contribution < -0.4 is 0 Å². The molecule has 1 aliphatic rings. The minimum atomic E-state index is -0.759. The zero-order chi connectivity index (χ0) is 11.3. The van der Waals surface area contributed by atoms with Crippen molar-refractivity contribution in [2.75, 3.05) is 32.6 Å². The van der Waals surface area contributed by atoms with Crippen molar-refractivity contribution in [3.63, 3.8) is 0 Å². The van der Waals surface area contributed by atoms with Gasteiger partial charge in [0.15, 0.2) is 0 Å². The van der Waals surface area contributed by atoms with Crippen molar-refractivity contribution in [3.05, 3.63) is 0 Å². The summed E-state index contributed by atoms with van der Waals surface area (Å²) in [7, 11) is 1.84. The molecule has 15 heavy (non-hydrogen) atoms. The van der Waals surface area contributed by atoms with Gasteiger partial charge in [-0.1, -0.05) is 18.9 Å². The molecule has 0 aliphatic carbocycles. The highest BCUT2D eigenvalue weighted by atomic mass is 32.2. The summed E-state index contributed by atoms with van der Waals surface area (Å²) in [6.45, 7) is 4.68. The number of nitrogens with zero attached hydrogens (tertiary/aromatic N) is 2. The van der Waals surface area contributed by atoms with E-state index in [-0.39, 0.29) is 6.54 Å². The first-order valence-corrected chi connectivity index (χ1v) is 6.30. The summed E-state index contributed by atoms with van der Waals surface area (Å²) < 4.78 is 2.35. The van der Waals surface area contributed by atoms with Gasteiger partial charge >= 0.3 is 5.97 Å². The average Bonchev–Trinajstić information content (AvgIpc) is 2.16. The lowest BCUT2D eigenvalue weighted by Crippen LogP contribution is -2.31. The lowest BCUT2D eigenvalue weighted by atomic mass is 10.0. The van der Waals surface area contributed by atoms with Crippen LogP contribution in [-0.2, 0) is 4.79 Å². The number of likely N-dealkylation sites (N-methyl/N-ethyl adjacent to an activating group) is 1. The quantitative estimate of drug-likeness (QED) is 0.572. The van der Waals surface area contributed by atoms with Crippen molar-refractivity contribution in [1.29, 1.82) is 0 Å². The van der Waals surface area contributed by atoms with E-state index >= 15 is 0 Å². The van der Waals surface area contributed by atoms with Crippen LogP contribution >= 0.6 is 11.9 Å². The van der Waals surface area contributed by atoms with Crippen LogP contribution in [0.15, 0.2) is 0 Å². The number of hydrogen-bond acceptors (Lipinski definition) is 4. The Bertz CT molecular complexity index is 206. The molecule has 0 aromatic heterocycles. The molecule has 0 atom stereocenters. The second kappa shape index (κ2) is 6.35. The lowest BCUT2D eigenvalue weighted by molar-refractivity contribution is -0.137. The Morgan fingerprint density at radius 3 is 2.67 bits per heavy atom. The normalized spacial score (nSPS) is 19.7. The van der Waals surface area contributed by atoms with E-state index in [2.05, 4.69) is 11.2 Å². The molecule has 1 aliphatic heterocycles. The Morgan fingerprint density at radius 2 is 2.13 bits per heavy atom. The molecule has 0 saturated carbocycles. The number of rotatable bonds is 5. The van der Waals surface area contributed by atoms with E-state index in [1.807, 2.05) is 11.9 Å². The van der Waals surface area contributed by atoms with E-state index in [9.17, 15) is 4.79 Å². The van der Waals surface area contributed by atoms with E-state index < -0.39 is 5.97 Å². The maximum atomic E-state index is 10.4. The summed E-state index contributed by atoms with van der Waals surface area (Å²) in [6.07, 6.45) is 2.52. The first kappa shape index (κ1) is 12.8. The molecule has 0 aromatic rings. The van der Waals surface area contributed by atoms with Crippen molar-refractivity contribution in [2.45, 2.75) is 19.8 Å². The molecule has 0 aromatic carbocycles. The fourth-order valence-corrected chi connectivity index (χ4v) is 2.49. The van der Waals surface area contributed by atoms with Crippen LogP contribution in [0, 0.1) is 5.92 Å². The predicted octanol–water partition coefficient (Wildman–Crippen LogP) is 1.34. The van der Waals surface area contributed by atoms with Crippen LogP contribution in [0.4, 0.5) is 0 Å². The molecule has 5 heteroatoms. The first-order chi connectivity index (χ1) is 7.08. The standard InChI is InChI=1S/C10H20N2O2S/c1-9-3-5-12(6-4-9)15-8-11(2)7-10(13)14/h9H,3-8H2,1-2H3,(H,13,14). The van der Waals surface area contributed by atoms with Gasteiger partial charge in [0.05, 0.1) is 12.4 Å². The molecule has 1 heterocycles. The Kier molecular flexibility index (Phi) is 5.42. The molecule has 4 nitrogen and oxygen atoms in total. The van der Waals surface area contributed by atoms with E-state index in [0.717, 1.165) is 24.9 Å². The van der Waals surface area contributed by atoms with Crippen LogP contribution in [0.5, 0.6) is 0 Å². The van der Waals surface area contributed by atoms with Gasteiger partial charge in [-0.15, -0.1) is 0 Å². The van der Waals surface area contributed by atoms with Gasteiger partial charge < -0.3 is 5.11 Å². The van der Waals surface area contributed by atoms with Gasteiger partial charge in [-0.05, 0) is 25.8 Å². The summed E-state index contributed by atoms with van der Waals surface area (Å²) in [4.78, 5) is 12.3. The van der Waals surface area contributed by atoms with Gasteiger partial charge in [-0.2, -0.15) is 0 Å². The maximum absolute atomic E-state index is 10.4. The number of hydrogen-bond donors (Lipinski definition) is 1. The lowest BCUT2D eigenvalue weighted by Gasteiger charge is -2.30. The summed E-state index contributed by atoms with van der Waals surface area (Å²) in [6, 6.07) is 0. The molecule has 0 bridgehead atoms. The minimum Gasteiger partial charge on any atom is -0.480 e. The largest absolute Gasteiger partial charge is 0.480 e. The molecule has 88 valence electrons. The molecule has 0 unspecified atom stereocenters. The SMILES string of the molecule is CC1CCN(SCN(C)CC(=O)O)CC1. The molecular weight excluding hydrogens is 212 g/mol. The highest BCUT2D eigenvalue weighted by molar-refractivity contribution is 7.96. The zero-order valence-corrected chi connectivity index (χ0v) is 10.3. The molecular formula is C10H20N2O2S. The van der Waals surface area contributed by atoms with Crippen LogP contribution in [-0.4, -0.2) is 52.8 Å². The third-order valence-electron chi connectivity index (χ3n) is 2.61. The highest BCUT2D eigenvalue weighted by Gasteiger charge is 2.16. The zero-order valence-electron chi connectivity index (χ0n) is 9.48. The third-order valence-corrected chi connectivity index (χ3v) is 3.90. The number of piperidine rings is 1. The number of aliphatic carboxylic acids is 1. The van der Waals surface area contributed by atoms with Crippen molar-refractivity contribution in [2.24, 2.45) is 5.92 Å². The number of carboxylic acid groups (broad SMARTS) is 1. The van der Waals surface area contributed by atoms with Crippen LogP contribution in [0.2, 0.25) is 0 Å². The monoisotopic (exact) mass is 232 g/mol. The predicted molar refractivity (Wildman–Crippen MR) is 62.7 cm³/mol. The van der Waals surface area contributed by atoms with Gasteiger partial charge in [0, 0.05) is 13.1 Å². The van der Waals surface area contributed by atoms with Gasteiger partial charge in [-0.3, -0.25) is 9.69 Å². The fraction of sp³-hybridized carbons (Fsp3) is 0.900. The Morgan fingerprint density at radius 1 is 1.53 bits per heavy atom. The van der Waals surface area contributed by atoms with Crippen LogP contribution in [0.25, 0.3) is 0 Å². The van der Waals surface area contributed by atoms with Crippen molar-refractivity contribution in [3.8, 4) is 0 Å². The maximum Gasteiger partial charge on any atom is 0.317 e. The Balaban J connectivity index is 2.11. The molecule has 0 radical (unpaired) electrons. The summed E-state index contributed by atoms with van der Waals surface area (Å²) >= 11 is 1.75. The van der Waals surface area contributed by atoms with E-state index in [0.29, 0.717) is 0 Å². The Hall–Kier alpha value is -0.260. The van der Waals surface area contributed by atoms with Gasteiger partial charge in [0.1, 0.15) is 0 Å². The Labute approximate surface area is 95.8 Å². The minimum absolute atomic E-state index is 0.122. The summed E-state index contributed by atoms with van der Waals surface area (Å²) in [5.41, 5.74) is 0. The van der Waals surface area contributed by atoms with E-state index in [4.69, 9.17) is 5.11 Å². The summed E-state index contributed by atoms with van der Waals surface area (Å²) in [5.74, 6) is 0.852. The second-order valence-electron chi connectivity index (χ2n) is 4.28.